The Labute approximate surface area is 116 Å². The number of rotatable bonds is 5. The molecule has 110 valence electrons. The van der Waals surface area contributed by atoms with Crippen LogP contribution in [-0.4, -0.2) is 48.7 Å². The zero-order valence-corrected chi connectivity index (χ0v) is 12.6. The van der Waals surface area contributed by atoms with E-state index in [1.165, 1.54) is 6.42 Å². The molecule has 0 aromatic rings. The summed E-state index contributed by atoms with van der Waals surface area (Å²) in [6, 6.07) is 0.802. The van der Waals surface area contributed by atoms with E-state index in [1.807, 2.05) is 0 Å². The summed E-state index contributed by atoms with van der Waals surface area (Å²) in [6.45, 7) is 6.12. The summed E-state index contributed by atoms with van der Waals surface area (Å²) in [5, 5.41) is 3.53. The zero-order valence-electron chi connectivity index (χ0n) is 12.6. The highest BCUT2D eigenvalue weighted by molar-refractivity contribution is 5.78. The number of hydrogen-bond donors (Lipinski definition) is 1. The number of carbonyl (C=O) groups excluding carboxylic acids is 1. The summed E-state index contributed by atoms with van der Waals surface area (Å²) in [7, 11) is 1.75. The molecule has 19 heavy (non-hydrogen) atoms. The van der Waals surface area contributed by atoms with E-state index in [4.69, 9.17) is 4.74 Å². The summed E-state index contributed by atoms with van der Waals surface area (Å²) in [5.41, 5.74) is -0.151. The van der Waals surface area contributed by atoms with Crippen LogP contribution in [0.5, 0.6) is 0 Å². The Morgan fingerprint density at radius 1 is 1.37 bits per heavy atom. The van der Waals surface area contributed by atoms with E-state index in [9.17, 15) is 4.79 Å². The van der Waals surface area contributed by atoms with Gasteiger partial charge in [-0.1, -0.05) is 13.8 Å². The van der Waals surface area contributed by atoms with Crippen LogP contribution in [0.1, 0.15) is 52.4 Å². The third-order valence-electron chi connectivity index (χ3n) is 4.96. The molecule has 2 unspecified atom stereocenters. The molecule has 1 aliphatic carbocycles. The van der Waals surface area contributed by atoms with Crippen LogP contribution >= 0.6 is 0 Å². The Bertz CT molecular complexity index is 310. The van der Waals surface area contributed by atoms with E-state index in [1.54, 1.807) is 7.11 Å². The summed E-state index contributed by atoms with van der Waals surface area (Å²) < 4.78 is 5.59. The number of nitrogens with zero attached hydrogens (tertiary/aromatic N) is 1. The lowest BCUT2D eigenvalue weighted by Gasteiger charge is -2.44. The first-order valence-corrected chi connectivity index (χ1v) is 7.72. The molecule has 1 saturated heterocycles. The molecular weight excluding hydrogens is 240 g/mol. The molecule has 2 rings (SSSR count). The van der Waals surface area contributed by atoms with Crippen molar-refractivity contribution in [2.75, 3.05) is 20.2 Å². The average molecular weight is 268 g/mol. The maximum Gasteiger partial charge on any atom is 0.225 e. The molecule has 0 bridgehead atoms. The molecule has 2 aliphatic rings. The molecule has 0 aromatic heterocycles. The minimum atomic E-state index is -0.151. The largest absolute Gasteiger partial charge is 0.378 e. The first-order valence-electron chi connectivity index (χ1n) is 7.72. The monoisotopic (exact) mass is 268 g/mol. The van der Waals surface area contributed by atoms with Crippen molar-refractivity contribution in [1.29, 1.82) is 0 Å². The molecule has 1 heterocycles. The Balaban J connectivity index is 1.98. The van der Waals surface area contributed by atoms with E-state index in [-0.39, 0.29) is 11.5 Å². The van der Waals surface area contributed by atoms with Crippen LogP contribution in [0.2, 0.25) is 0 Å². The Hall–Kier alpha value is -0.610. The van der Waals surface area contributed by atoms with Gasteiger partial charge in [-0.3, -0.25) is 4.79 Å². The van der Waals surface area contributed by atoms with Crippen molar-refractivity contribution < 1.29 is 9.53 Å². The molecule has 0 spiro atoms. The predicted molar refractivity (Wildman–Crippen MR) is 76.1 cm³/mol. The van der Waals surface area contributed by atoms with E-state index in [2.05, 4.69) is 24.1 Å². The highest BCUT2D eigenvalue weighted by Gasteiger charge is 2.41. The number of ether oxygens (including phenoxy) is 1. The van der Waals surface area contributed by atoms with Crippen molar-refractivity contribution in [2.24, 2.45) is 0 Å². The van der Waals surface area contributed by atoms with Gasteiger partial charge < -0.3 is 15.0 Å². The minimum Gasteiger partial charge on any atom is -0.378 e. The highest BCUT2D eigenvalue weighted by atomic mass is 16.5. The number of carbonyl (C=O) groups is 1. The maximum absolute atomic E-state index is 12.6. The van der Waals surface area contributed by atoms with E-state index >= 15 is 0 Å². The standard InChI is InChI=1S/C15H28N2O2/c1-4-12-11-17(13(5-2)10-16-12)14(18)9-15(19-3)7-6-8-15/h12-13,16H,4-11H2,1-3H3. The summed E-state index contributed by atoms with van der Waals surface area (Å²) in [4.78, 5) is 14.7. The Morgan fingerprint density at radius 3 is 2.58 bits per heavy atom. The van der Waals surface area contributed by atoms with Gasteiger partial charge in [-0.25, -0.2) is 0 Å². The lowest BCUT2D eigenvalue weighted by atomic mass is 9.77. The predicted octanol–water partition coefficient (Wildman–Crippen LogP) is 1.93. The van der Waals surface area contributed by atoms with Crippen molar-refractivity contribution in [3.8, 4) is 0 Å². The zero-order chi connectivity index (χ0) is 13.9. The lowest BCUT2D eigenvalue weighted by molar-refractivity contribution is -0.148. The number of piperazine rings is 1. The topological polar surface area (TPSA) is 41.6 Å². The SMILES string of the molecule is CCC1CN(C(=O)CC2(OC)CCC2)C(CC)CN1. The third kappa shape index (κ3) is 3.11. The van der Waals surface area contributed by atoms with Gasteiger partial charge in [0.05, 0.1) is 12.0 Å². The van der Waals surface area contributed by atoms with Crippen LogP contribution in [0, 0.1) is 0 Å². The van der Waals surface area contributed by atoms with Gasteiger partial charge in [0.15, 0.2) is 0 Å². The fourth-order valence-electron chi connectivity index (χ4n) is 3.21. The number of hydrogen-bond acceptors (Lipinski definition) is 3. The van der Waals surface area contributed by atoms with Crippen LogP contribution < -0.4 is 5.32 Å². The summed E-state index contributed by atoms with van der Waals surface area (Å²) in [6.07, 6.45) is 5.93. The number of nitrogens with one attached hydrogen (secondary N) is 1. The second kappa shape index (κ2) is 6.23. The van der Waals surface area contributed by atoms with Crippen LogP contribution in [0.15, 0.2) is 0 Å². The van der Waals surface area contributed by atoms with Crippen molar-refractivity contribution in [1.82, 2.24) is 10.2 Å². The van der Waals surface area contributed by atoms with Crippen LogP contribution in [-0.2, 0) is 9.53 Å². The molecule has 4 heteroatoms. The minimum absolute atomic E-state index is 0.151. The van der Waals surface area contributed by atoms with Gasteiger partial charge in [0.2, 0.25) is 5.91 Å². The van der Waals surface area contributed by atoms with Gasteiger partial charge in [0.1, 0.15) is 0 Å². The van der Waals surface area contributed by atoms with Gasteiger partial charge in [-0.15, -0.1) is 0 Å². The first kappa shape index (κ1) is 14.8. The summed E-state index contributed by atoms with van der Waals surface area (Å²) >= 11 is 0. The van der Waals surface area contributed by atoms with E-state index in [0.29, 0.717) is 18.5 Å². The normalized spacial score (nSPS) is 29.9. The van der Waals surface area contributed by atoms with Gasteiger partial charge in [-0.2, -0.15) is 0 Å². The van der Waals surface area contributed by atoms with Crippen molar-refractivity contribution >= 4 is 5.91 Å². The highest BCUT2D eigenvalue weighted by Crippen LogP contribution is 2.38. The van der Waals surface area contributed by atoms with Crippen LogP contribution in [0.4, 0.5) is 0 Å². The lowest BCUT2D eigenvalue weighted by Crippen LogP contribution is -2.59. The van der Waals surface area contributed by atoms with Gasteiger partial charge in [0.25, 0.3) is 0 Å². The van der Waals surface area contributed by atoms with Crippen molar-refractivity contribution in [2.45, 2.75) is 70.1 Å². The van der Waals surface area contributed by atoms with Crippen molar-refractivity contribution in [3.63, 3.8) is 0 Å². The van der Waals surface area contributed by atoms with Crippen molar-refractivity contribution in [3.05, 3.63) is 0 Å². The number of methoxy groups -OCH3 is 1. The fraction of sp³-hybridized carbons (Fsp3) is 0.933. The molecule has 2 fully saturated rings. The Kier molecular flexibility index (Phi) is 4.85. The van der Waals surface area contributed by atoms with Gasteiger partial charge >= 0.3 is 0 Å². The molecular formula is C15H28N2O2. The fourth-order valence-corrected chi connectivity index (χ4v) is 3.21. The van der Waals surface area contributed by atoms with E-state index < -0.39 is 0 Å². The molecule has 1 saturated carbocycles. The molecule has 1 aliphatic heterocycles. The quantitative estimate of drug-likeness (QED) is 0.828. The molecule has 1 N–H and O–H groups in total. The molecule has 1 amide bonds. The van der Waals surface area contributed by atoms with E-state index in [0.717, 1.165) is 38.8 Å². The first-order chi connectivity index (χ1) is 9.14. The second-order valence-electron chi connectivity index (χ2n) is 6.04. The molecule has 4 nitrogen and oxygen atoms in total. The Morgan fingerprint density at radius 2 is 2.11 bits per heavy atom. The van der Waals surface area contributed by atoms with Gasteiger partial charge in [0, 0.05) is 32.3 Å². The molecule has 0 aromatic carbocycles. The summed E-state index contributed by atoms with van der Waals surface area (Å²) in [5.74, 6) is 0.286. The maximum atomic E-state index is 12.6. The average Bonchev–Trinajstić information content (AvgIpc) is 2.41. The molecule has 2 atom stereocenters. The second-order valence-corrected chi connectivity index (χ2v) is 6.04. The third-order valence-corrected chi connectivity index (χ3v) is 4.96. The van der Waals surface area contributed by atoms with Crippen LogP contribution in [0.3, 0.4) is 0 Å². The molecule has 0 radical (unpaired) electrons. The smallest absolute Gasteiger partial charge is 0.225 e. The van der Waals surface area contributed by atoms with Crippen LogP contribution in [0.25, 0.3) is 0 Å². The van der Waals surface area contributed by atoms with Gasteiger partial charge in [-0.05, 0) is 32.1 Å². The number of amides is 1.